The Kier molecular flexibility index (Phi) is 5.74. The van der Waals surface area contributed by atoms with Crippen molar-refractivity contribution < 1.29 is 22.4 Å². The third-order valence-corrected chi connectivity index (χ3v) is 5.45. The first-order valence-corrected chi connectivity index (χ1v) is 10.0. The molecule has 0 fully saturated rings. The highest BCUT2D eigenvalue weighted by Gasteiger charge is 2.15. The van der Waals surface area contributed by atoms with E-state index in [1.807, 2.05) is 0 Å². The van der Waals surface area contributed by atoms with Gasteiger partial charge in [-0.15, -0.1) is 0 Å². The molecule has 8 heteroatoms. The van der Waals surface area contributed by atoms with Crippen LogP contribution in [0.15, 0.2) is 77.7 Å². The summed E-state index contributed by atoms with van der Waals surface area (Å²) in [6.07, 6.45) is 0. The van der Waals surface area contributed by atoms with Gasteiger partial charge in [-0.1, -0.05) is 12.1 Å². The van der Waals surface area contributed by atoms with Crippen LogP contribution in [0.25, 0.3) is 0 Å². The van der Waals surface area contributed by atoms with E-state index in [0.717, 1.165) is 24.3 Å². The molecule has 0 saturated carbocycles. The molecule has 0 aliphatic carbocycles. The number of Topliss-reactive ketones (excluding diaryl/α,β-unsaturated/α-hetero) is 1. The Bertz CT molecular complexity index is 1160. The fourth-order valence-electron chi connectivity index (χ4n) is 2.54. The number of carbonyl (C=O) groups excluding carboxylic acids is 2. The summed E-state index contributed by atoms with van der Waals surface area (Å²) in [6, 6.07) is 16.8. The first kappa shape index (κ1) is 20.2. The number of halogens is 1. The molecule has 0 atom stereocenters. The predicted octanol–water partition coefficient (Wildman–Crippen LogP) is 4.08. The van der Waals surface area contributed by atoms with Gasteiger partial charge in [-0.2, -0.15) is 0 Å². The van der Waals surface area contributed by atoms with Gasteiger partial charge in [-0.25, -0.2) is 12.8 Å². The van der Waals surface area contributed by atoms with Gasteiger partial charge in [0, 0.05) is 22.5 Å². The minimum Gasteiger partial charge on any atom is -0.322 e. The number of ketones is 1. The second-order valence-corrected chi connectivity index (χ2v) is 7.91. The zero-order valence-electron chi connectivity index (χ0n) is 15.3. The van der Waals surface area contributed by atoms with E-state index in [2.05, 4.69) is 10.0 Å². The van der Waals surface area contributed by atoms with Crippen molar-refractivity contribution in [1.82, 2.24) is 0 Å². The molecule has 29 heavy (non-hydrogen) atoms. The molecule has 3 aromatic rings. The highest BCUT2D eigenvalue weighted by Crippen LogP contribution is 2.18. The topological polar surface area (TPSA) is 92.3 Å². The minimum absolute atomic E-state index is 0.0777. The molecule has 2 N–H and O–H groups in total. The third-order valence-electron chi connectivity index (χ3n) is 4.05. The monoisotopic (exact) mass is 412 g/mol. The number of nitrogens with one attached hydrogen (secondary N) is 2. The summed E-state index contributed by atoms with van der Waals surface area (Å²) in [5.41, 5.74) is 1.52. The van der Waals surface area contributed by atoms with Crippen LogP contribution in [0.3, 0.4) is 0 Å². The van der Waals surface area contributed by atoms with Crippen LogP contribution in [0, 0.1) is 5.82 Å². The second kappa shape index (κ2) is 8.24. The maximum Gasteiger partial charge on any atom is 0.261 e. The Morgan fingerprint density at radius 2 is 1.48 bits per heavy atom. The van der Waals surface area contributed by atoms with Gasteiger partial charge in [0.1, 0.15) is 5.82 Å². The van der Waals surface area contributed by atoms with E-state index in [1.54, 1.807) is 24.3 Å². The van der Waals surface area contributed by atoms with Gasteiger partial charge < -0.3 is 5.32 Å². The molecule has 0 bridgehead atoms. The van der Waals surface area contributed by atoms with Gasteiger partial charge in [-0.05, 0) is 67.6 Å². The SMILES string of the molecule is CC(=O)c1cccc(NC(=O)c2ccc(NS(=O)(=O)c3ccc(F)cc3)cc2)c1. The lowest BCUT2D eigenvalue weighted by molar-refractivity contribution is 0.101. The number of hydrogen-bond acceptors (Lipinski definition) is 4. The number of sulfonamides is 1. The molecule has 3 aromatic carbocycles. The number of hydrogen-bond donors (Lipinski definition) is 2. The van der Waals surface area contributed by atoms with Gasteiger partial charge in [0.15, 0.2) is 5.78 Å². The summed E-state index contributed by atoms with van der Waals surface area (Å²) in [5, 5.41) is 2.69. The van der Waals surface area contributed by atoms with Crippen molar-refractivity contribution >= 4 is 33.1 Å². The summed E-state index contributed by atoms with van der Waals surface area (Å²) < 4.78 is 40.0. The van der Waals surface area contributed by atoms with Crippen molar-refractivity contribution in [1.29, 1.82) is 0 Å². The summed E-state index contributed by atoms with van der Waals surface area (Å²) in [6.45, 7) is 1.44. The average molecular weight is 412 g/mol. The molecule has 0 aliphatic rings. The van der Waals surface area contributed by atoms with E-state index >= 15 is 0 Å². The number of benzene rings is 3. The van der Waals surface area contributed by atoms with Crippen LogP contribution >= 0.6 is 0 Å². The molecule has 0 saturated heterocycles. The maximum absolute atomic E-state index is 13.0. The first-order valence-electron chi connectivity index (χ1n) is 8.55. The van der Waals surface area contributed by atoms with Crippen LogP contribution in [0.4, 0.5) is 15.8 Å². The summed E-state index contributed by atoms with van der Waals surface area (Å²) in [5.74, 6) is -1.05. The van der Waals surface area contributed by atoms with Crippen molar-refractivity contribution in [2.75, 3.05) is 10.0 Å². The fraction of sp³-hybridized carbons (Fsp3) is 0.0476. The van der Waals surface area contributed by atoms with Gasteiger partial charge in [0.05, 0.1) is 4.90 Å². The molecule has 0 radical (unpaired) electrons. The smallest absolute Gasteiger partial charge is 0.261 e. The molecular formula is C21H17FN2O4S. The number of anilines is 2. The summed E-state index contributed by atoms with van der Waals surface area (Å²) in [4.78, 5) is 23.7. The molecule has 0 spiro atoms. The lowest BCUT2D eigenvalue weighted by Gasteiger charge is -2.10. The molecule has 0 heterocycles. The van der Waals surface area contributed by atoms with E-state index in [-0.39, 0.29) is 16.4 Å². The molecule has 0 unspecified atom stereocenters. The molecule has 0 aliphatic heterocycles. The van der Waals surface area contributed by atoms with E-state index in [9.17, 15) is 22.4 Å². The minimum atomic E-state index is -3.87. The van der Waals surface area contributed by atoms with Crippen LogP contribution in [0.1, 0.15) is 27.6 Å². The average Bonchev–Trinajstić information content (AvgIpc) is 2.68. The van der Waals surface area contributed by atoms with Crippen molar-refractivity contribution in [3.8, 4) is 0 Å². The summed E-state index contributed by atoms with van der Waals surface area (Å²) >= 11 is 0. The van der Waals surface area contributed by atoms with E-state index in [1.165, 1.54) is 31.2 Å². The Morgan fingerprint density at radius 3 is 2.10 bits per heavy atom. The number of rotatable bonds is 6. The molecule has 3 rings (SSSR count). The number of amides is 1. The normalized spacial score (nSPS) is 11.0. The van der Waals surface area contributed by atoms with Gasteiger partial charge in [0.25, 0.3) is 15.9 Å². The molecular weight excluding hydrogens is 395 g/mol. The number of carbonyl (C=O) groups is 2. The van der Waals surface area contributed by atoms with E-state index in [4.69, 9.17) is 0 Å². The first-order chi connectivity index (χ1) is 13.7. The van der Waals surface area contributed by atoms with Crippen LogP contribution in [-0.4, -0.2) is 20.1 Å². The van der Waals surface area contributed by atoms with Crippen LogP contribution in [0.5, 0.6) is 0 Å². The van der Waals surface area contributed by atoms with E-state index < -0.39 is 21.7 Å². The van der Waals surface area contributed by atoms with Gasteiger partial charge in [-0.3, -0.25) is 14.3 Å². The molecule has 1 amide bonds. The fourth-order valence-corrected chi connectivity index (χ4v) is 3.60. The molecule has 6 nitrogen and oxygen atoms in total. The molecule has 0 aromatic heterocycles. The molecule has 148 valence electrons. The second-order valence-electron chi connectivity index (χ2n) is 6.23. The quantitative estimate of drug-likeness (QED) is 0.597. The van der Waals surface area contributed by atoms with Crippen molar-refractivity contribution in [2.24, 2.45) is 0 Å². The Balaban J connectivity index is 1.71. The van der Waals surface area contributed by atoms with Gasteiger partial charge in [0.2, 0.25) is 0 Å². The largest absolute Gasteiger partial charge is 0.322 e. The van der Waals surface area contributed by atoms with E-state index in [0.29, 0.717) is 16.8 Å². The zero-order valence-corrected chi connectivity index (χ0v) is 16.2. The summed E-state index contributed by atoms with van der Waals surface area (Å²) in [7, 11) is -3.87. The highest BCUT2D eigenvalue weighted by molar-refractivity contribution is 7.92. The van der Waals surface area contributed by atoms with Crippen molar-refractivity contribution in [2.45, 2.75) is 11.8 Å². The third kappa shape index (κ3) is 5.05. The predicted molar refractivity (Wildman–Crippen MR) is 108 cm³/mol. The highest BCUT2D eigenvalue weighted by atomic mass is 32.2. The van der Waals surface area contributed by atoms with Crippen LogP contribution in [-0.2, 0) is 10.0 Å². The lowest BCUT2D eigenvalue weighted by atomic mass is 10.1. The standard InChI is InChI=1S/C21H17FN2O4S/c1-14(25)16-3-2-4-19(13-16)23-21(26)15-5-9-18(10-6-15)24-29(27,28)20-11-7-17(22)8-12-20/h2-13,24H,1H3,(H,23,26). The van der Waals surface area contributed by atoms with Crippen LogP contribution < -0.4 is 10.0 Å². The Morgan fingerprint density at radius 1 is 0.828 bits per heavy atom. The van der Waals surface area contributed by atoms with Crippen molar-refractivity contribution in [3.05, 3.63) is 89.7 Å². The zero-order chi connectivity index (χ0) is 21.0. The van der Waals surface area contributed by atoms with Gasteiger partial charge >= 0.3 is 0 Å². The van der Waals surface area contributed by atoms with Crippen LogP contribution in [0.2, 0.25) is 0 Å². The lowest BCUT2D eigenvalue weighted by Crippen LogP contribution is -2.14. The maximum atomic E-state index is 13.0. The Hall–Kier alpha value is -3.52. The Labute approximate surface area is 167 Å². The van der Waals surface area contributed by atoms with Crippen molar-refractivity contribution in [3.63, 3.8) is 0 Å².